The van der Waals surface area contributed by atoms with Crippen LogP contribution in [0.2, 0.25) is 4.34 Å². The molecule has 0 unspecified atom stereocenters. The first kappa shape index (κ1) is 17.9. The number of thiophene rings is 1. The number of fused-ring (bicyclic) bond motifs is 3. The van der Waals surface area contributed by atoms with Gasteiger partial charge in [0.25, 0.3) is 10.0 Å². The van der Waals surface area contributed by atoms with Crippen molar-refractivity contribution in [3.05, 3.63) is 45.4 Å². The highest BCUT2D eigenvalue weighted by molar-refractivity contribution is 7.91. The maximum atomic E-state index is 13.0. The lowest BCUT2D eigenvalue weighted by Gasteiger charge is -2.32. The Morgan fingerprint density at radius 2 is 2.14 bits per heavy atom. The molecule has 28 heavy (non-hydrogen) atoms. The number of aromatic amines is 2. The van der Waals surface area contributed by atoms with Gasteiger partial charge in [0.1, 0.15) is 9.86 Å². The minimum atomic E-state index is -3.64. The first-order valence-corrected chi connectivity index (χ1v) is 11.4. The van der Waals surface area contributed by atoms with Gasteiger partial charge < -0.3 is 9.97 Å². The highest BCUT2D eigenvalue weighted by atomic mass is 35.5. The van der Waals surface area contributed by atoms with Crippen molar-refractivity contribution >= 4 is 55.0 Å². The molecule has 2 N–H and O–H groups in total. The molecule has 4 aromatic heterocycles. The lowest BCUT2D eigenvalue weighted by atomic mass is 10.1. The van der Waals surface area contributed by atoms with Gasteiger partial charge in [0.05, 0.1) is 27.6 Å². The molecule has 1 saturated heterocycles. The van der Waals surface area contributed by atoms with Crippen LogP contribution >= 0.6 is 22.9 Å². The Morgan fingerprint density at radius 3 is 2.93 bits per heavy atom. The molecule has 146 valence electrons. The number of piperidine rings is 1. The molecule has 4 aromatic rings. The van der Waals surface area contributed by atoms with Crippen LogP contribution < -0.4 is 5.69 Å². The van der Waals surface area contributed by atoms with Gasteiger partial charge in [0.15, 0.2) is 0 Å². The molecule has 0 spiro atoms. The van der Waals surface area contributed by atoms with Crippen molar-refractivity contribution in [2.45, 2.75) is 23.1 Å². The van der Waals surface area contributed by atoms with E-state index in [1.807, 2.05) is 6.07 Å². The van der Waals surface area contributed by atoms with E-state index in [0.29, 0.717) is 28.5 Å². The average molecular weight is 438 g/mol. The lowest BCUT2D eigenvalue weighted by Crippen LogP contribution is -2.42. The molecule has 0 radical (unpaired) electrons. The lowest BCUT2D eigenvalue weighted by molar-refractivity contribution is 0.268. The SMILES string of the molecule is O=c1[nH]c2cnc3[nH]ccc3c2n1[C@@H]1CCCN(S(=O)(=O)c2ccc(Cl)s2)C1. The fourth-order valence-corrected chi connectivity index (χ4v) is 7.04. The molecule has 1 fully saturated rings. The van der Waals surface area contributed by atoms with E-state index < -0.39 is 10.0 Å². The van der Waals surface area contributed by atoms with Gasteiger partial charge in [-0.3, -0.25) is 4.57 Å². The number of halogens is 1. The summed E-state index contributed by atoms with van der Waals surface area (Å²) in [5, 5.41) is 0.834. The third kappa shape index (κ3) is 2.71. The quantitative estimate of drug-likeness (QED) is 0.514. The number of hydrogen-bond acceptors (Lipinski definition) is 5. The Labute approximate surface area is 168 Å². The molecular weight excluding hydrogens is 422 g/mol. The zero-order valence-corrected chi connectivity index (χ0v) is 16.9. The standard InChI is InChI=1S/C17H16ClN5O3S2/c18-13-3-4-14(27-13)28(25,26)22-7-1-2-10(9-22)23-15-11-5-6-19-16(11)20-8-12(15)21-17(23)24/h3-6,8,10H,1-2,7,9H2,(H,19,20)(H,21,24)/t10-/m1/s1. The maximum Gasteiger partial charge on any atom is 0.326 e. The molecule has 11 heteroatoms. The minimum absolute atomic E-state index is 0.224. The van der Waals surface area contributed by atoms with Gasteiger partial charge in [-0.15, -0.1) is 11.3 Å². The van der Waals surface area contributed by atoms with Gasteiger partial charge in [0.2, 0.25) is 0 Å². The van der Waals surface area contributed by atoms with E-state index in [-0.39, 0.29) is 22.5 Å². The molecule has 0 bridgehead atoms. The Balaban J connectivity index is 1.58. The smallest absolute Gasteiger partial charge is 0.326 e. The topological polar surface area (TPSA) is 104 Å². The second-order valence-corrected chi connectivity index (χ2v) is 10.7. The molecule has 8 nitrogen and oxygen atoms in total. The zero-order chi connectivity index (χ0) is 19.5. The minimum Gasteiger partial charge on any atom is -0.346 e. The van der Waals surface area contributed by atoms with E-state index >= 15 is 0 Å². The summed E-state index contributed by atoms with van der Waals surface area (Å²) in [5.41, 5.74) is 1.82. The number of aromatic nitrogens is 4. The van der Waals surface area contributed by atoms with Crippen LogP contribution in [-0.2, 0) is 10.0 Å². The largest absolute Gasteiger partial charge is 0.346 e. The Bertz CT molecular complexity index is 1350. The van der Waals surface area contributed by atoms with Crippen LogP contribution in [0.1, 0.15) is 18.9 Å². The number of hydrogen-bond donors (Lipinski definition) is 2. The van der Waals surface area contributed by atoms with E-state index in [9.17, 15) is 13.2 Å². The van der Waals surface area contributed by atoms with Crippen molar-refractivity contribution in [1.82, 2.24) is 23.8 Å². The van der Waals surface area contributed by atoms with Crippen LogP contribution in [0.4, 0.5) is 0 Å². The second kappa shape index (κ2) is 6.45. The summed E-state index contributed by atoms with van der Waals surface area (Å²) < 4.78 is 29.8. The molecule has 0 aliphatic carbocycles. The summed E-state index contributed by atoms with van der Waals surface area (Å²) in [6.07, 6.45) is 4.79. The summed E-state index contributed by atoms with van der Waals surface area (Å²) >= 11 is 6.97. The second-order valence-electron chi connectivity index (χ2n) is 6.78. The molecule has 0 amide bonds. The summed E-state index contributed by atoms with van der Waals surface area (Å²) in [6.45, 7) is 0.658. The van der Waals surface area contributed by atoms with Crippen molar-refractivity contribution in [1.29, 1.82) is 0 Å². The zero-order valence-electron chi connectivity index (χ0n) is 14.6. The predicted octanol–water partition coefficient (Wildman–Crippen LogP) is 2.95. The number of pyridine rings is 1. The Morgan fingerprint density at radius 1 is 1.29 bits per heavy atom. The molecule has 5 rings (SSSR count). The first-order valence-electron chi connectivity index (χ1n) is 8.77. The van der Waals surface area contributed by atoms with E-state index in [1.165, 1.54) is 10.4 Å². The number of H-pyrrole nitrogens is 2. The Hall–Kier alpha value is -2.14. The van der Waals surface area contributed by atoms with Gasteiger partial charge in [-0.25, -0.2) is 18.2 Å². The van der Waals surface area contributed by atoms with Crippen molar-refractivity contribution in [2.75, 3.05) is 13.1 Å². The monoisotopic (exact) mass is 437 g/mol. The average Bonchev–Trinajstić information content (AvgIpc) is 3.38. The summed E-state index contributed by atoms with van der Waals surface area (Å²) in [5.74, 6) is 0. The van der Waals surface area contributed by atoms with Crippen LogP contribution in [0.25, 0.3) is 22.1 Å². The number of rotatable bonds is 3. The third-order valence-electron chi connectivity index (χ3n) is 5.13. The number of nitrogens with zero attached hydrogens (tertiary/aromatic N) is 3. The summed E-state index contributed by atoms with van der Waals surface area (Å²) in [4.78, 5) is 22.9. The van der Waals surface area contributed by atoms with E-state index in [4.69, 9.17) is 11.6 Å². The molecule has 0 aromatic carbocycles. The van der Waals surface area contributed by atoms with Crippen LogP contribution in [0.15, 0.2) is 39.6 Å². The van der Waals surface area contributed by atoms with E-state index in [2.05, 4.69) is 15.0 Å². The van der Waals surface area contributed by atoms with Gasteiger partial charge in [0, 0.05) is 24.7 Å². The number of sulfonamides is 1. The molecule has 1 aliphatic rings. The molecule has 1 atom stereocenters. The van der Waals surface area contributed by atoms with E-state index in [1.54, 1.807) is 23.0 Å². The van der Waals surface area contributed by atoms with Crippen LogP contribution in [0.3, 0.4) is 0 Å². The van der Waals surface area contributed by atoms with Gasteiger partial charge >= 0.3 is 5.69 Å². The fraction of sp³-hybridized carbons (Fsp3) is 0.294. The highest BCUT2D eigenvalue weighted by Crippen LogP contribution is 2.33. The van der Waals surface area contributed by atoms with Crippen molar-refractivity contribution < 1.29 is 8.42 Å². The van der Waals surface area contributed by atoms with Gasteiger partial charge in [-0.1, -0.05) is 11.6 Å². The van der Waals surface area contributed by atoms with E-state index in [0.717, 1.165) is 28.7 Å². The number of imidazole rings is 1. The van der Waals surface area contributed by atoms with Gasteiger partial charge in [-0.2, -0.15) is 4.31 Å². The normalized spacial score (nSPS) is 19.0. The van der Waals surface area contributed by atoms with Crippen molar-refractivity contribution in [3.8, 4) is 0 Å². The Kier molecular flexibility index (Phi) is 4.13. The van der Waals surface area contributed by atoms with Crippen LogP contribution in [-0.4, -0.2) is 45.3 Å². The van der Waals surface area contributed by atoms with Crippen LogP contribution in [0, 0.1) is 0 Å². The molecular formula is C17H16ClN5O3S2. The molecule has 0 saturated carbocycles. The molecule has 5 heterocycles. The third-order valence-corrected chi connectivity index (χ3v) is 8.69. The van der Waals surface area contributed by atoms with Crippen molar-refractivity contribution in [2.24, 2.45) is 0 Å². The van der Waals surface area contributed by atoms with Crippen molar-refractivity contribution in [3.63, 3.8) is 0 Å². The summed E-state index contributed by atoms with van der Waals surface area (Å²) in [7, 11) is -3.64. The van der Waals surface area contributed by atoms with Crippen LogP contribution in [0.5, 0.6) is 0 Å². The van der Waals surface area contributed by atoms with Gasteiger partial charge in [-0.05, 0) is 31.0 Å². The first-order chi connectivity index (χ1) is 13.4. The molecule has 1 aliphatic heterocycles. The summed E-state index contributed by atoms with van der Waals surface area (Å²) in [6, 6.07) is 4.72. The number of nitrogens with one attached hydrogen (secondary N) is 2. The highest BCUT2D eigenvalue weighted by Gasteiger charge is 2.33. The fourth-order valence-electron chi connectivity index (χ4n) is 3.88. The maximum absolute atomic E-state index is 13.0. The predicted molar refractivity (Wildman–Crippen MR) is 109 cm³/mol.